The van der Waals surface area contributed by atoms with Gasteiger partial charge in [0.2, 0.25) is 5.91 Å². The summed E-state index contributed by atoms with van der Waals surface area (Å²) in [7, 11) is 3.56. The van der Waals surface area contributed by atoms with E-state index in [9.17, 15) is 4.79 Å². The van der Waals surface area contributed by atoms with Crippen molar-refractivity contribution in [3.8, 4) is 11.5 Å². The summed E-state index contributed by atoms with van der Waals surface area (Å²) in [6.45, 7) is 6.99. The number of hydrogen-bond acceptors (Lipinski definition) is 4. The first kappa shape index (κ1) is 20.8. The number of rotatable bonds is 9. The number of amides is 1. The van der Waals surface area contributed by atoms with Crippen LogP contribution in [0, 0.1) is 0 Å². The lowest BCUT2D eigenvalue weighted by Crippen LogP contribution is -2.36. The third-order valence-corrected chi connectivity index (χ3v) is 4.14. The van der Waals surface area contributed by atoms with Gasteiger partial charge in [0.1, 0.15) is 0 Å². The Balaban J connectivity index is 1.93. The molecule has 1 atom stereocenters. The molecule has 0 saturated carbocycles. The fourth-order valence-electron chi connectivity index (χ4n) is 2.87. The molecule has 0 aliphatic heterocycles. The average molecular weight is 370 g/mol. The number of hydrogen-bond donors (Lipinski definition) is 1. The third-order valence-electron chi connectivity index (χ3n) is 4.14. The van der Waals surface area contributed by atoms with Crippen molar-refractivity contribution >= 4 is 5.91 Å². The zero-order valence-electron chi connectivity index (χ0n) is 16.9. The minimum absolute atomic E-state index is 0.0117. The van der Waals surface area contributed by atoms with E-state index in [1.165, 1.54) is 5.56 Å². The lowest BCUT2D eigenvalue weighted by molar-refractivity contribution is -0.122. The van der Waals surface area contributed by atoms with Crippen molar-refractivity contribution < 1.29 is 14.3 Å². The highest BCUT2D eigenvalue weighted by molar-refractivity contribution is 5.78. The second kappa shape index (κ2) is 9.97. The number of carbonyl (C=O) groups is 1. The Bertz CT molecular complexity index is 732. The molecule has 146 valence electrons. The summed E-state index contributed by atoms with van der Waals surface area (Å²) in [5.41, 5.74) is 2.16. The molecule has 0 heterocycles. The van der Waals surface area contributed by atoms with Crippen LogP contribution < -0.4 is 14.8 Å². The molecule has 0 aliphatic carbocycles. The van der Waals surface area contributed by atoms with Crippen molar-refractivity contribution in [1.82, 2.24) is 10.2 Å². The molecule has 0 aliphatic rings. The van der Waals surface area contributed by atoms with Crippen LogP contribution in [0.2, 0.25) is 0 Å². The quantitative estimate of drug-likeness (QED) is 0.730. The maximum Gasteiger partial charge on any atom is 0.234 e. The first-order chi connectivity index (χ1) is 12.9. The number of nitrogens with zero attached hydrogens (tertiary/aromatic N) is 1. The van der Waals surface area contributed by atoms with Crippen molar-refractivity contribution in [2.45, 2.75) is 39.5 Å². The van der Waals surface area contributed by atoms with Gasteiger partial charge in [0.25, 0.3) is 0 Å². The number of methoxy groups -OCH3 is 1. The van der Waals surface area contributed by atoms with Crippen molar-refractivity contribution in [3.63, 3.8) is 0 Å². The highest BCUT2D eigenvalue weighted by atomic mass is 16.5. The molecule has 0 saturated heterocycles. The Kier molecular flexibility index (Phi) is 7.67. The molecule has 0 radical (unpaired) electrons. The summed E-state index contributed by atoms with van der Waals surface area (Å²) in [5.74, 6) is 1.36. The van der Waals surface area contributed by atoms with Gasteiger partial charge in [-0.2, -0.15) is 0 Å². The van der Waals surface area contributed by atoms with Crippen LogP contribution >= 0.6 is 0 Å². The van der Waals surface area contributed by atoms with Crippen molar-refractivity contribution in [1.29, 1.82) is 0 Å². The first-order valence-corrected chi connectivity index (χ1v) is 9.25. The zero-order chi connectivity index (χ0) is 19.8. The summed E-state index contributed by atoms with van der Waals surface area (Å²) in [5, 5.41) is 3.05. The van der Waals surface area contributed by atoms with Gasteiger partial charge < -0.3 is 14.8 Å². The largest absolute Gasteiger partial charge is 0.493 e. The second-order valence-corrected chi connectivity index (χ2v) is 7.02. The van der Waals surface area contributed by atoms with E-state index in [1.54, 1.807) is 7.11 Å². The Hall–Kier alpha value is -2.53. The highest BCUT2D eigenvalue weighted by Crippen LogP contribution is 2.31. The third kappa shape index (κ3) is 6.61. The molecule has 0 aromatic heterocycles. The molecular formula is C22H30N2O3. The number of benzene rings is 2. The molecule has 2 aromatic carbocycles. The van der Waals surface area contributed by atoms with Crippen LogP contribution in [-0.2, 0) is 11.3 Å². The molecule has 5 nitrogen and oxygen atoms in total. The van der Waals surface area contributed by atoms with Gasteiger partial charge in [-0.1, -0.05) is 36.4 Å². The Morgan fingerprint density at radius 1 is 1.07 bits per heavy atom. The molecule has 0 bridgehead atoms. The van der Waals surface area contributed by atoms with Gasteiger partial charge in [-0.25, -0.2) is 0 Å². The SMILES string of the molecule is COc1cc(C(C)NC(=O)CN(C)Cc2ccccc2)ccc1OC(C)C. The molecule has 0 spiro atoms. The van der Waals surface area contributed by atoms with Crippen molar-refractivity contribution in [2.75, 3.05) is 20.7 Å². The maximum atomic E-state index is 12.4. The average Bonchev–Trinajstić information content (AvgIpc) is 2.62. The van der Waals surface area contributed by atoms with Gasteiger partial charge in [0.15, 0.2) is 11.5 Å². The Morgan fingerprint density at radius 2 is 1.78 bits per heavy atom. The van der Waals surface area contributed by atoms with Crippen LogP contribution in [-0.4, -0.2) is 37.6 Å². The normalized spacial score (nSPS) is 12.1. The lowest BCUT2D eigenvalue weighted by atomic mass is 10.1. The molecular weight excluding hydrogens is 340 g/mol. The lowest BCUT2D eigenvalue weighted by Gasteiger charge is -2.20. The molecule has 27 heavy (non-hydrogen) atoms. The molecule has 1 amide bonds. The standard InChI is InChI=1S/C22H30N2O3/c1-16(2)27-20-12-11-19(13-21(20)26-5)17(3)23-22(25)15-24(4)14-18-9-7-6-8-10-18/h6-13,16-17H,14-15H2,1-5H3,(H,23,25). The van der Waals surface area contributed by atoms with E-state index < -0.39 is 0 Å². The van der Waals surface area contributed by atoms with E-state index in [1.807, 2.05) is 69.1 Å². The van der Waals surface area contributed by atoms with E-state index in [0.717, 1.165) is 12.1 Å². The van der Waals surface area contributed by atoms with Crippen LogP contribution in [0.4, 0.5) is 0 Å². The van der Waals surface area contributed by atoms with Crippen LogP contribution in [0.25, 0.3) is 0 Å². The Labute approximate surface area is 162 Å². The predicted molar refractivity (Wildman–Crippen MR) is 108 cm³/mol. The summed E-state index contributed by atoms with van der Waals surface area (Å²) in [6, 6.07) is 15.8. The summed E-state index contributed by atoms with van der Waals surface area (Å²) in [4.78, 5) is 14.4. The molecule has 2 aromatic rings. The molecule has 1 unspecified atom stereocenters. The van der Waals surface area contributed by atoms with E-state index in [0.29, 0.717) is 18.0 Å². The van der Waals surface area contributed by atoms with Crippen LogP contribution in [0.15, 0.2) is 48.5 Å². The van der Waals surface area contributed by atoms with E-state index >= 15 is 0 Å². The van der Waals surface area contributed by atoms with Gasteiger partial charge in [0, 0.05) is 6.54 Å². The minimum Gasteiger partial charge on any atom is -0.493 e. The maximum absolute atomic E-state index is 12.4. The number of ether oxygens (including phenoxy) is 2. The molecule has 0 fully saturated rings. The first-order valence-electron chi connectivity index (χ1n) is 9.25. The smallest absolute Gasteiger partial charge is 0.234 e. The van der Waals surface area contributed by atoms with Gasteiger partial charge in [-0.3, -0.25) is 9.69 Å². The van der Waals surface area contributed by atoms with E-state index in [2.05, 4.69) is 17.4 Å². The fraction of sp³-hybridized carbons (Fsp3) is 0.409. The summed E-state index contributed by atoms with van der Waals surface area (Å²) < 4.78 is 11.2. The summed E-state index contributed by atoms with van der Waals surface area (Å²) >= 11 is 0. The van der Waals surface area contributed by atoms with Crippen molar-refractivity contribution in [2.24, 2.45) is 0 Å². The monoisotopic (exact) mass is 370 g/mol. The topological polar surface area (TPSA) is 50.8 Å². The van der Waals surface area contributed by atoms with Gasteiger partial charge in [0.05, 0.1) is 25.8 Å². The predicted octanol–water partition coefficient (Wildman–Crippen LogP) is 3.79. The van der Waals surface area contributed by atoms with E-state index in [4.69, 9.17) is 9.47 Å². The van der Waals surface area contributed by atoms with E-state index in [-0.39, 0.29) is 18.1 Å². The van der Waals surface area contributed by atoms with Crippen molar-refractivity contribution in [3.05, 3.63) is 59.7 Å². The van der Waals surface area contributed by atoms with Crippen LogP contribution in [0.3, 0.4) is 0 Å². The summed E-state index contributed by atoms with van der Waals surface area (Å²) in [6.07, 6.45) is 0.0713. The highest BCUT2D eigenvalue weighted by Gasteiger charge is 2.15. The number of carbonyl (C=O) groups excluding carboxylic acids is 1. The second-order valence-electron chi connectivity index (χ2n) is 7.02. The van der Waals surface area contributed by atoms with Gasteiger partial charge >= 0.3 is 0 Å². The fourth-order valence-corrected chi connectivity index (χ4v) is 2.87. The van der Waals surface area contributed by atoms with Gasteiger partial charge in [-0.15, -0.1) is 0 Å². The van der Waals surface area contributed by atoms with Crippen LogP contribution in [0.1, 0.15) is 37.9 Å². The van der Waals surface area contributed by atoms with Gasteiger partial charge in [-0.05, 0) is 51.1 Å². The molecule has 5 heteroatoms. The number of nitrogens with one attached hydrogen (secondary N) is 1. The van der Waals surface area contributed by atoms with Crippen LogP contribution in [0.5, 0.6) is 11.5 Å². The zero-order valence-corrected chi connectivity index (χ0v) is 16.9. The molecule has 2 rings (SSSR count). The Morgan fingerprint density at radius 3 is 2.41 bits per heavy atom. The number of likely N-dealkylation sites (N-methyl/N-ethyl adjacent to an activating group) is 1. The molecule has 1 N–H and O–H groups in total. The minimum atomic E-state index is -0.121.